The summed E-state index contributed by atoms with van der Waals surface area (Å²) in [5.41, 5.74) is 0. The molecule has 1 heterocycles. The zero-order chi connectivity index (χ0) is 12.1. The molecule has 0 aromatic heterocycles. The Hall–Kier alpha value is -1.26. The second kappa shape index (κ2) is 5.72. The molecular weight excluding hydrogens is 208 g/mol. The van der Waals surface area contributed by atoms with Crippen LogP contribution < -0.4 is 0 Å². The van der Waals surface area contributed by atoms with Crippen molar-refractivity contribution in [3.63, 3.8) is 0 Å². The predicted molar refractivity (Wildman–Crippen MR) is 60.2 cm³/mol. The number of rotatable bonds is 5. The number of hydrogen-bond acceptors (Lipinski definition) is 2. The van der Waals surface area contributed by atoms with E-state index in [2.05, 4.69) is 0 Å². The number of carbonyl (C=O) groups is 2. The van der Waals surface area contributed by atoms with E-state index in [1.54, 1.807) is 9.80 Å². The lowest BCUT2D eigenvalue weighted by Gasteiger charge is -2.38. The van der Waals surface area contributed by atoms with Crippen molar-refractivity contribution in [1.82, 2.24) is 9.80 Å². The van der Waals surface area contributed by atoms with Crippen LogP contribution in [0.5, 0.6) is 0 Å². The van der Waals surface area contributed by atoms with Crippen LogP contribution in [0.15, 0.2) is 0 Å². The van der Waals surface area contributed by atoms with Gasteiger partial charge in [0.15, 0.2) is 0 Å². The first-order chi connectivity index (χ1) is 7.60. The highest BCUT2D eigenvalue weighted by Crippen LogP contribution is 2.15. The number of hydrogen-bond donors (Lipinski definition) is 1. The van der Waals surface area contributed by atoms with Gasteiger partial charge >= 0.3 is 12.0 Å². The molecule has 0 radical (unpaired) electrons. The van der Waals surface area contributed by atoms with E-state index in [1.807, 2.05) is 13.8 Å². The minimum Gasteiger partial charge on any atom is -0.481 e. The first-order valence-electron chi connectivity index (χ1n) is 5.86. The molecule has 1 aliphatic heterocycles. The summed E-state index contributed by atoms with van der Waals surface area (Å²) in [4.78, 5) is 26.2. The number of urea groups is 1. The average Bonchev–Trinajstić information content (AvgIpc) is 2.24. The first-order valence-corrected chi connectivity index (χ1v) is 5.86. The Morgan fingerprint density at radius 1 is 1.25 bits per heavy atom. The lowest BCUT2D eigenvalue weighted by Crippen LogP contribution is -2.55. The smallest absolute Gasteiger partial charge is 0.320 e. The van der Waals surface area contributed by atoms with E-state index < -0.39 is 11.9 Å². The monoisotopic (exact) mass is 228 g/mol. The van der Waals surface area contributed by atoms with Crippen LogP contribution in [0.1, 0.15) is 26.7 Å². The van der Waals surface area contributed by atoms with Crippen LogP contribution in [0.4, 0.5) is 4.79 Å². The second-order valence-electron chi connectivity index (χ2n) is 4.21. The Kier molecular flexibility index (Phi) is 4.58. The van der Waals surface area contributed by atoms with Crippen molar-refractivity contribution in [3.8, 4) is 0 Å². The third kappa shape index (κ3) is 2.87. The number of nitrogens with zero attached hydrogens (tertiary/aromatic N) is 2. The van der Waals surface area contributed by atoms with Crippen molar-refractivity contribution in [3.05, 3.63) is 0 Å². The van der Waals surface area contributed by atoms with E-state index in [0.29, 0.717) is 26.2 Å². The minimum atomic E-state index is -0.810. The highest BCUT2D eigenvalue weighted by molar-refractivity contribution is 5.79. The first kappa shape index (κ1) is 12.8. The van der Waals surface area contributed by atoms with Crippen molar-refractivity contribution < 1.29 is 14.7 Å². The fourth-order valence-electron chi connectivity index (χ4n) is 2.02. The van der Waals surface area contributed by atoms with Gasteiger partial charge in [0, 0.05) is 26.2 Å². The molecule has 0 unspecified atom stereocenters. The van der Waals surface area contributed by atoms with E-state index in [0.717, 1.165) is 12.8 Å². The molecular formula is C11H20N2O3. The highest BCUT2D eigenvalue weighted by atomic mass is 16.4. The van der Waals surface area contributed by atoms with Gasteiger partial charge in [-0.1, -0.05) is 13.8 Å². The van der Waals surface area contributed by atoms with Crippen LogP contribution in [-0.2, 0) is 4.79 Å². The molecule has 16 heavy (non-hydrogen) atoms. The maximum Gasteiger partial charge on any atom is 0.320 e. The maximum absolute atomic E-state index is 11.9. The van der Waals surface area contributed by atoms with Gasteiger partial charge in [0.25, 0.3) is 0 Å². The Balaban J connectivity index is 2.71. The minimum absolute atomic E-state index is 0.0128. The summed E-state index contributed by atoms with van der Waals surface area (Å²) in [6, 6.07) is -0.0128. The van der Waals surface area contributed by atoms with Crippen LogP contribution in [0.3, 0.4) is 0 Å². The fraction of sp³-hybridized carbons (Fsp3) is 0.818. The van der Waals surface area contributed by atoms with Crippen LogP contribution in [0, 0.1) is 5.92 Å². The topological polar surface area (TPSA) is 60.9 Å². The zero-order valence-corrected chi connectivity index (χ0v) is 9.98. The van der Waals surface area contributed by atoms with E-state index in [1.165, 1.54) is 0 Å². The normalized spacial score (nSPS) is 18.0. The zero-order valence-electron chi connectivity index (χ0n) is 9.98. The third-order valence-corrected chi connectivity index (χ3v) is 2.76. The third-order valence-electron chi connectivity index (χ3n) is 2.76. The Labute approximate surface area is 96.0 Å². The number of aliphatic carboxylic acids is 1. The van der Waals surface area contributed by atoms with E-state index in [4.69, 9.17) is 5.11 Å². The molecule has 1 saturated heterocycles. The predicted octanol–water partition coefficient (Wildman–Crippen LogP) is 1.24. The Bertz CT molecular complexity index is 250. The van der Waals surface area contributed by atoms with Gasteiger partial charge < -0.3 is 14.9 Å². The number of carboxylic acids is 1. The molecule has 0 spiro atoms. The van der Waals surface area contributed by atoms with Crippen molar-refractivity contribution in [2.75, 3.05) is 26.2 Å². The van der Waals surface area contributed by atoms with Gasteiger partial charge in [0.05, 0.1) is 5.92 Å². The summed E-state index contributed by atoms with van der Waals surface area (Å²) in [6.45, 7) is 5.96. The van der Waals surface area contributed by atoms with Crippen LogP contribution in [0.2, 0.25) is 0 Å². The van der Waals surface area contributed by atoms with E-state index >= 15 is 0 Å². The Morgan fingerprint density at radius 3 is 2.00 bits per heavy atom. The van der Waals surface area contributed by atoms with Crippen molar-refractivity contribution in [2.45, 2.75) is 26.7 Å². The summed E-state index contributed by atoms with van der Waals surface area (Å²) in [5.74, 6) is -1.26. The van der Waals surface area contributed by atoms with Gasteiger partial charge in [0.2, 0.25) is 0 Å². The molecule has 1 aliphatic rings. The number of carboxylic acid groups (broad SMARTS) is 1. The van der Waals surface area contributed by atoms with Gasteiger partial charge in [-0.2, -0.15) is 0 Å². The van der Waals surface area contributed by atoms with Gasteiger partial charge in [-0.05, 0) is 12.8 Å². The van der Waals surface area contributed by atoms with Gasteiger partial charge in [0.1, 0.15) is 0 Å². The molecule has 0 aliphatic carbocycles. The van der Waals surface area contributed by atoms with Gasteiger partial charge in [-0.25, -0.2) is 4.79 Å². The summed E-state index contributed by atoms with van der Waals surface area (Å²) in [5, 5.41) is 9.03. The van der Waals surface area contributed by atoms with Crippen molar-refractivity contribution >= 4 is 12.0 Å². The summed E-state index contributed by atoms with van der Waals surface area (Å²) in [6.07, 6.45) is 1.72. The molecule has 5 nitrogen and oxygen atoms in total. The average molecular weight is 228 g/mol. The molecule has 5 heteroatoms. The van der Waals surface area contributed by atoms with Crippen LogP contribution in [0.25, 0.3) is 0 Å². The van der Waals surface area contributed by atoms with Crippen molar-refractivity contribution in [1.29, 1.82) is 0 Å². The van der Waals surface area contributed by atoms with E-state index in [-0.39, 0.29) is 6.03 Å². The Morgan fingerprint density at radius 2 is 1.69 bits per heavy atom. The fourth-order valence-corrected chi connectivity index (χ4v) is 2.02. The highest BCUT2D eigenvalue weighted by Gasteiger charge is 2.34. The molecule has 92 valence electrons. The SMILES string of the molecule is CCCN1CC(C(=O)O)CN(CCC)C1=O. The molecule has 1 rings (SSSR count). The molecule has 0 aromatic rings. The quantitative estimate of drug-likeness (QED) is 0.770. The molecule has 1 N–H and O–H groups in total. The maximum atomic E-state index is 11.9. The van der Waals surface area contributed by atoms with Crippen LogP contribution >= 0.6 is 0 Å². The molecule has 2 amide bonds. The molecule has 1 fully saturated rings. The number of amides is 2. The van der Waals surface area contributed by atoms with Gasteiger partial charge in [-0.15, -0.1) is 0 Å². The summed E-state index contributed by atoms with van der Waals surface area (Å²) in [7, 11) is 0. The lowest BCUT2D eigenvalue weighted by atomic mass is 10.1. The summed E-state index contributed by atoms with van der Waals surface area (Å²) >= 11 is 0. The number of carbonyl (C=O) groups excluding carboxylic acids is 1. The molecule has 0 aromatic carbocycles. The molecule has 0 atom stereocenters. The standard InChI is InChI=1S/C11H20N2O3/c1-3-5-12-7-9(10(14)15)8-13(6-4-2)11(12)16/h9H,3-8H2,1-2H3,(H,14,15). The molecule has 0 bridgehead atoms. The summed E-state index contributed by atoms with van der Waals surface area (Å²) < 4.78 is 0. The molecule has 0 saturated carbocycles. The van der Waals surface area contributed by atoms with Crippen molar-refractivity contribution in [2.24, 2.45) is 5.92 Å². The lowest BCUT2D eigenvalue weighted by molar-refractivity contribution is -0.143. The largest absolute Gasteiger partial charge is 0.481 e. The van der Waals surface area contributed by atoms with Gasteiger partial charge in [-0.3, -0.25) is 4.79 Å². The van der Waals surface area contributed by atoms with Crippen LogP contribution in [-0.4, -0.2) is 53.1 Å². The van der Waals surface area contributed by atoms with E-state index in [9.17, 15) is 9.59 Å². The second-order valence-corrected chi connectivity index (χ2v) is 4.21.